The number of benzene rings is 1. The Labute approximate surface area is 161 Å². The van der Waals surface area contributed by atoms with E-state index in [1.807, 2.05) is 25.1 Å². The van der Waals surface area contributed by atoms with Crippen LogP contribution in [-0.2, 0) is 11.3 Å². The van der Waals surface area contributed by atoms with Crippen LogP contribution in [0.4, 0.5) is 0 Å². The zero-order valence-corrected chi connectivity index (χ0v) is 16.4. The van der Waals surface area contributed by atoms with Crippen LogP contribution in [0.1, 0.15) is 43.9 Å². The van der Waals surface area contributed by atoms with Crippen LogP contribution in [-0.4, -0.2) is 36.0 Å². The molecule has 1 aromatic carbocycles. The number of nitrogens with one attached hydrogen (secondary N) is 1. The zero-order valence-electron chi connectivity index (χ0n) is 16.4. The topological polar surface area (TPSA) is 54.5 Å². The van der Waals surface area contributed by atoms with Gasteiger partial charge in [0.15, 0.2) is 0 Å². The van der Waals surface area contributed by atoms with Gasteiger partial charge in [-0.3, -0.25) is 9.69 Å². The summed E-state index contributed by atoms with van der Waals surface area (Å²) in [5.74, 6) is 0.694. The molecule has 0 saturated carbocycles. The molecule has 5 nitrogen and oxygen atoms in total. The monoisotopic (exact) mass is 367 g/mol. The lowest BCUT2D eigenvalue weighted by Gasteiger charge is -2.39. The summed E-state index contributed by atoms with van der Waals surface area (Å²) in [7, 11) is 1.60. The van der Waals surface area contributed by atoms with Gasteiger partial charge in [-0.2, -0.15) is 0 Å². The van der Waals surface area contributed by atoms with Crippen molar-refractivity contribution in [1.29, 1.82) is 0 Å². The van der Waals surface area contributed by atoms with Gasteiger partial charge in [0.2, 0.25) is 11.8 Å². The highest BCUT2D eigenvalue weighted by atomic mass is 16.5. The summed E-state index contributed by atoms with van der Waals surface area (Å²) in [6.07, 6.45) is 3.46. The standard InChI is InChI=1S/C22H29N3O2/c1-17(19-9-12-23-20(15-19)27-3)24-21(26)22(2)10-13-25(14-11-22)16-18-7-5-4-6-8-18/h4-9,12,15,17H,10-11,13-14,16H2,1-3H3,(H,24,26). The highest BCUT2D eigenvalue weighted by Crippen LogP contribution is 2.32. The molecule has 2 heterocycles. The first-order valence-electron chi connectivity index (χ1n) is 9.57. The minimum atomic E-state index is -0.321. The van der Waals surface area contributed by atoms with E-state index in [9.17, 15) is 4.79 Å². The lowest BCUT2D eigenvalue weighted by atomic mass is 9.79. The lowest BCUT2D eigenvalue weighted by Crippen LogP contribution is -2.47. The first-order valence-corrected chi connectivity index (χ1v) is 9.57. The fourth-order valence-electron chi connectivity index (χ4n) is 3.53. The Morgan fingerprint density at radius 1 is 1.26 bits per heavy atom. The number of piperidine rings is 1. The molecule has 0 aliphatic carbocycles. The predicted octanol–water partition coefficient (Wildman–Crippen LogP) is 3.57. The number of carbonyl (C=O) groups is 1. The van der Waals surface area contributed by atoms with E-state index in [0.717, 1.165) is 38.0 Å². The fraction of sp³-hybridized carbons (Fsp3) is 0.455. The third kappa shape index (κ3) is 4.86. The molecule has 144 valence electrons. The molecule has 27 heavy (non-hydrogen) atoms. The molecule has 1 N–H and O–H groups in total. The van der Waals surface area contributed by atoms with Gasteiger partial charge in [-0.1, -0.05) is 37.3 Å². The normalized spacial score (nSPS) is 17.9. The van der Waals surface area contributed by atoms with Crippen LogP contribution in [0.15, 0.2) is 48.7 Å². The van der Waals surface area contributed by atoms with Crippen molar-refractivity contribution < 1.29 is 9.53 Å². The summed E-state index contributed by atoms with van der Waals surface area (Å²) in [6.45, 7) is 6.92. The molecule has 1 atom stereocenters. The van der Waals surface area contributed by atoms with E-state index in [0.29, 0.717) is 5.88 Å². The molecule has 0 radical (unpaired) electrons. The number of aromatic nitrogens is 1. The maximum Gasteiger partial charge on any atom is 0.226 e. The maximum absolute atomic E-state index is 12.9. The summed E-state index contributed by atoms with van der Waals surface area (Å²) in [5.41, 5.74) is 2.00. The van der Waals surface area contributed by atoms with Crippen molar-refractivity contribution in [2.24, 2.45) is 5.41 Å². The highest BCUT2D eigenvalue weighted by molar-refractivity contribution is 5.82. The molecule has 3 rings (SSSR count). The first-order chi connectivity index (χ1) is 13.0. The number of methoxy groups -OCH3 is 1. The van der Waals surface area contributed by atoms with E-state index in [4.69, 9.17) is 4.74 Å². The van der Waals surface area contributed by atoms with Crippen molar-refractivity contribution in [1.82, 2.24) is 15.2 Å². The number of carbonyl (C=O) groups excluding carboxylic acids is 1. The number of amides is 1. The molecule has 1 aliphatic heterocycles. The molecule has 1 amide bonds. The third-order valence-electron chi connectivity index (χ3n) is 5.57. The SMILES string of the molecule is COc1cc(C(C)NC(=O)C2(C)CCN(Cc3ccccc3)CC2)ccn1. The number of nitrogens with zero attached hydrogens (tertiary/aromatic N) is 2. The Hall–Kier alpha value is -2.40. The smallest absolute Gasteiger partial charge is 0.226 e. The Morgan fingerprint density at radius 3 is 2.63 bits per heavy atom. The van der Waals surface area contributed by atoms with Gasteiger partial charge < -0.3 is 10.1 Å². The number of hydrogen-bond acceptors (Lipinski definition) is 4. The van der Waals surface area contributed by atoms with Crippen LogP contribution in [0, 0.1) is 5.41 Å². The average molecular weight is 367 g/mol. The summed E-state index contributed by atoms with van der Waals surface area (Å²) in [5, 5.41) is 3.18. The molecular formula is C22H29N3O2. The molecule has 1 unspecified atom stereocenters. The Balaban J connectivity index is 1.55. The van der Waals surface area contributed by atoms with Gasteiger partial charge in [-0.05, 0) is 50.0 Å². The van der Waals surface area contributed by atoms with Gasteiger partial charge in [0.05, 0.1) is 13.2 Å². The summed E-state index contributed by atoms with van der Waals surface area (Å²) in [4.78, 5) is 19.5. The molecule has 1 saturated heterocycles. The molecule has 1 aliphatic rings. The number of hydrogen-bond donors (Lipinski definition) is 1. The van der Waals surface area contributed by atoms with Crippen molar-refractivity contribution in [3.05, 3.63) is 59.8 Å². The molecule has 0 bridgehead atoms. The first kappa shape index (κ1) is 19.4. The van der Waals surface area contributed by atoms with Gasteiger partial charge in [0, 0.05) is 24.2 Å². The lowest BCUT2D eigenvalue weighted by molar-refractivity contribution is -0.133. The van der Waals surface area contributed by atoms with Crippen LogP contribution < -0.4 is 10.1 Å². The second-order valence-corrected chi connectivity index (χ2v) is 7.65. The van der Waals surface area contributed by atoms with Crippen molar-refractivity contribution in [3.63, 3.8) is 0 Å². The van der Waals surface area contributed by atoms with Crippen LogP contribution in [0.25, 0.3) is 0 Å². The quantitative estimate of drug-likeness (QED) is 0.848. The highest BCUT2D eigenvalue weighted by Gasteiger charge is 2.37. The van der Waals surface area contributed by atoms with Gasteiger partial charge in [0.1, 0.15) is 0 Å². The van der Waals surface area contributed by atoms with Gasteiger partial charge in [-0.25, -0.2) is 4.98 Å². The maximum atomic E-state index is 12.9. The van der Waals surface area contributed by atoms with E-state index in [1.165, 1.54) is 5.56 Å². The number of likely N-dealkylation sites (tertiary alicyclic amines) is 1. The summed E-state index contributed by atoms with van der Waals surface area (Å²) in [6, 6.07) is 14.2. The minimum Gasteiger partial charge on any atom is -0.481 e. The second kappa shape index (κ2) is 8.53. The largest absolute Gasteiger partial charge is 0.481 e. The number of rotatable bonds is 6. The second-order valence-electron chi connectivity index (χ2n) is 7.65. The molecule has 1 fully saturated rings. The molecule has 5 heteroatoms. The van der Waals surface area contributed by atoms with Crippen molar-refractivity contribution in [2.45, 2.75) is 39.3 Å². The van der Waals surface area contributed by atoms with Crippen LogP contribution in [0.5, 0.6) is 5.88 Å². The van der Waals surface area contributed by atoms with Gasteiger partial charge in [0.25, 0.3) is 0 Å². The van der Waals surface area contributed by atoms with Crippen molar-refractivity contribution >= 4 is 5.91 Å². The van der Waals surface area contributed by atoms with Gasteiger partial charge in [-0.15, -0.1) is 0 Å². The zero-order chi connectivity index (χ0) is 19.3. The Bertz CT molecular complexity index is 755. The van der Waals surface area contributed by atoms with E-state index in [-0.39, 0.29) is 17.4 Å². The molecule has 0 spiro atoms. The summed E-state index contributed by atoms with van der Waals surface area (Å²) >= 11 is 0. The predicted molar refractivity (Wildman–Crippen MR) is 106 cm³/mol. The van der Waals surface area contributed by atoms with E-state index < -0.39 is 0 Å². The van der Waals surface area contributed by atoms with E-state index in [1.54, 1.807) is 13.3 Å². The third-order valence-corrected chi connectivity index (χ3v) is 5.57. The van der Waals surface area contributed by atoms with Crippen LogP contribution >= 0.6 is 0 Å². The molecule has 2 aromatic rings. The van der Waals surface area contributed by atoms with Crippen molar-refractivity contribution in [2.75, 3.05) is 20.2 Å². The van der Waals surface area contributed by atoms with Crippen molar-refractivity contribution in [3.8, 4) is 5.88 Å². The van der Waals surface area contributed by atoms with Crippen LogP contribution in [0.3, 0.4) is 0 Å². The number of pyridine rings is 1. The average Bonchev–Trinajstić information content (AvgIpc) is 2.70. The van der Waals surface area contributed by atoms with E-state index in [2.05, 4.69) is 46.4 Å². The fourth-order valence-corrected chi connectivity index (χ4v) is 3.53. The van der Waals surface area contributed by atoms with Gasteiger partial charge >= 0.3 is 0 Å². The van der Waals surface area contributed by atoms with Crippen LogP contribution in [0.2, 0.25) is 0 Å². The Morgan fingerprint density at radius 2 is 1.96 bits per heavy atom. The Kier molecular flexibility index (Phi) is 6.11. The molecule has 1 aromatic heterocycles. The number of ether oxygens (including phenoxy) is 1. The molecular weight excluding hydrogens is 338 g/mol. The minimum absolute atomic E-state index is 0.0754. The summed E-state index contributed by atoms with van der Waals surface area (Å²) < 4.78 is 5.18. The van der Waals surface area contributed by atoms with E-state index >= 15 is 0 Å².